The summed E-state index contributed by atoms with van der Waals surface area (Å²) in [7, 11) is 1.95. The second-order valence-corrected chi connectivity index (χ2v) is 3.70. The van der Waals surface area contributed by atoms with Crippen molar-refractivity contribution < 1.29 is 4.74 Å². The molecule has 1 heterocycles. The van der Waals surface area contributed by atoms with Crippen LogP contribution < -0.4 is 5.32 Å². The van der Waals surface area contributed by atoms with Gasteiger partial charge in [-0.15, -0.1) is 0 Å². The number of hydrogen-bond acceptors (Lipinski definition) is 3. The van der Waals surface area contributed by atoms with E-state index in [0.717, 1.165) is 31.1 Å². The topological polar surface area (TPSA) is 39.1 Å². The molecule has 86 valence electrons. The van der Waals surface area contributed by atoms with Gasteiger partial charge in [-0.25, -0.2) is 0 Å². The summed E-state index contributed by atoms with van der Waals surface area (Å²) in [5, 5.41) is 7.75. The quantitative estimate of drug-likeness (QED) is 0.780. The first-order chi connectivity index (χ1) is 7.17. The van der Waals surface area contributed by atoms with Gasteiger partial charge in [-0.05, 0) is 20.3 Å². The number of hydrogen-bond donors (Lipinski definition) is 1. The van der Waals surface area contributed by atoms with Crippen molar-refractivity contribution in [2.75, 3.05) is 18.5 Å². The minimum absolute atomic E-state index is 0.310. The van der Waals surface area contributed by atoms with Crippen LogP contribution in [0, 0.1) is 0 Å². The van der Waals surface area contributed by atoms with Gasteiger partial charge in [0.25, 0.3) is 0 Å². The molecule has 0 saturated carbocycles. The first kappa shape index (κ1) is 12.0. The molecular formula is C11H21N3O. The van der Waals surface area contributed by atoms with Crippen molar-refractivity contribution in [1.29, 1.82) is 0 Å². The molecule has 0 fully saturated rings. The highest BCUT2D eigenvalue weighted by molar-refractivity contribution is 5.37. The van der Waals surface area contributed by atoms with Crippen molar-refractivity contribution in [1.82, 2.24) is 9.78 Å². The maximum absolute atomic E-state index is 5.35. The van der Waals surface area contributed by atoms with Crippen LogP contribution in [0.3, 0.4) is 0 Å². The van der Waals surface area contributed by atoms with Crippen LogP contribution >= 0.6 is 0 Å². The number of nitrogens with zero attached hydrogens (tertiary/aromatic N) is 2. The molecule has 1 N–H and O–H groups in total. The van der Waals surface area contributed by atoms with Crippen molar-refractivity contribution in [2.24, 2.45) is 7.05 Å². The Labute approximate surface area is 91.6 Å². The van der Waals surface area contributed by atoms with Crippen molar-refractivity contribution in [2.45, 2.75) is 33.2 Å². The molecule has 1 aromatic heterocycles. The molecule has 1 rings (SSSR count). The van der Waals surface area contributed by atoms with Crippen LogP contribution in [0.5, 0.6) is 0 Å². The molecule has 0 aliphatic carbocycles. The summed E-state index contributed by atoms with van der Waals surface area (Å²) in [6.07, 6.45) is 0.968. The third-order valence-corrected chi connectivity index (χ3v) is 2.26. The number of anilines is 1. The highest BCUT2D eigenvalue weighted by Gasteiger charge is 2.06. The lowest BCUT2D eigenvalue weighted by atomic mass is 10.3. The summed E-state index contributed by atoms with van der Waals surface area (Å²) in [5.74, 6) is 1.05. The van der Waals surface area contributed by atoms with Gasteiger partial charge in [-0.1, -0.05) is 6.92 Å². The summed E-state index contributed by atoms with van der Waals surface area (Å²) in [6, 6.07) is 2.40. The van der Waals surface area contributed by atoms with E-state index in [1.54, 1.807) is 0 Å². The van der Waals surface area contributed by atoms with Crippen LogP contribution in [0.15, 0.2) is 6.07 Å². The molecule has 0 amide bonds. The highest BCUT2D eigenvalue weighted by Crippen LogP contribution is 2.10. The summed E-state index contributed by atoms with van der Waals surface area (Å²) in [4.78, 5) is 0. The average molecular weight is 211 g/mol. The van der Waals surface area contributed by atoms with E-state index in [-0.39, 0.29) is 0 Å². The Hall–Kier alpha value is -1.03. The third-order valence-electron chi connectivity index (χ3n) is 2.26. The van der Waals surface area contributed by atoms with Gasteiger partial charge < -0.3 is 10.1 Å². The van der Waals surface area contributed by atoms with Crippen LogP contribution in [0.1, 0.15) is 26.5 Å². The fourth-order valence-electron chi connectivity index (χ4n) is 1.42. The molecule has 0 aliphatic rings. The highest BCUT2D eigenvalue weighted by atomic mass is 16.5. The molecule has 4 heteroatoms. The smallest absolute Gasteiger partial charge is 0.124 e. The van der Waals surface area contributed by atoms with E-state index in [2.05, 4.69) is 30.3 Å². The van der Waals surface area contributed by atoms with Gasteiger partial charge in [0.2, 0.25) is 0 Å². The van der Waals surface area contributed by atoms with E-state index in [4.69, 9.17) is 4.74 Å². The lowest BCUT2D eigenvalue weighted by Crippen LogP contribution is -2.23. The van der Waals surface area contributed by atoms with E-state index in [0.29, 0.717) is 6.04 Å². The maximum Gasteiger partial charge on any atom is 0.124 e. The number of ether oxygens (including phenoxy) is 1. The molecule has 1 aromatic rings. The fourth-order valence-corrected chi connectivity index (χ4v) is 1.42. The molecule has 0 aromatic carbocycles. The summed E-state index contributed by atoms with van der Waals surface area (Å²) >= 11 is 0. The van der Waals surface area contributed by atoms with Crippen LogP contribution in [0.4, 0.5) is 5.82 Å². The van der Waals surface area contributed by atoms with E-state index >= 15 is 0 Å². The van der Waals surface area contributed by atoms with Gasteiger partial charge in [0, 0.05) is 25.8 Å². The summed E-state index contributed by atoms with van der Waals surface area (Å²) in [6.45, 7) is 7.71. The Morgan fingerprint density at radius 1 is 1.53 bits per heavy atom. The van der Waals surface area contributed by atoms with Gasteiger partial charge in [0.15, 0.2) is 0 Å². The second kappa shape index (κ2) is 5.75. The van der Waals surface area contributed by atoms with Gasteiger partial charge in [-0.3, -0.25) is 4.68 Å². The van der Waals surface area contributed by atoms with Gasteiger partial charge in [-0.2, -0.15) is 5.10 Å². The summed E-state index contributed by atoms with van der Waals surface area (Å²) in [5.41, 5.74) is 1.11. The minimum atomic E-state index is 0.310. The lowest BCUT2D eigenvalue weighted by molar-refractivity contribution is 0.141. The molecular weight excluding hydrogens is 190 g/mol. The number of aromatic nitrogens is 2. The predicted octanol–water partition coefficient (Wildman–Crippen LogP) is 1.82. The number of rotatable bonds is 6. The molecule has 1 atom stereocenters. The SMILES string of the molecule is CCOCC(C)Nc1cc(CC)nn1C. The van der Waals surface area contributed by atoms with Crippen LogP contribution in [-0.4, -0.2) is 29.0 Å². The zero-order chi connectivity index (χ0) is 11.3. The molecule has 0 saturated heterocycles. The zero-order valence-electron chi connectivity index (χ0n) is 10.1. The summed E-state index contributed by atoms with van der Waals surface area (Å²) < 4.78 is 7.22. The van der Waals surface area contributed by atoms with E-state index in [1.165, 1.54) is 0 Å². The van der Waals surface area contributed by atoms with E-state index in [9.17, 15) is 0 Å². The fraction of sp³-hybridized carbons (Fsp3) is 0.727. The predicted molar refractivity (Wildman–Crippen MR) is 62.2 cm³/mol. The number of nitrogens with one attached hydrogen (secondary N) is 1. The Bertz CT molecular complexity index is 296. The minimum Gasteiger partial charge on any atom is -0.380 e. The first-order valence-corrected chi connectivity index (χ1v) is 5.54. The van der Waals surface area contributed by atoms with E-state index in [1.807, 2.05) is 18.7 Å². The van der Waals surface area contributed by atoms with Crippen molar-refractivity contribution in [3.8, 4) is 0 Å². The zero-order valence-corrected chi connectivity index (χ0v) is 10.1. The number of aryl methyl sites for hydroxylation is 2. The van der Waals surface area contributed by atoms with Gasteiger partial charge in [0.05, 0.1) is 12.3 Å². The van der Waals surface area contributed by atoms with Crippen molar-refractivity contribution in [3.05, 3.63) is 11.8 Å². The lowest BCUT2D eigenvalue weighted by Gasteiger charge is -2.14. The Morgan fingerprint density at radius 3 is 2.80 bits per heavy atom. The van der Waals surface area contributed by atoms with Gasteiger partial charge in [0.1, 0.15) is 5.82 Å². The monoisotopic (exact) mass is 211 g/mol. The standard InChI is InChI=1S/C11H21N3O/c1-5-10-7-11(14(4)13-10)12-9(3)8-15-6-2/h7,9,12H,5-6,8H2,1-4H3. The van der Waals surface area contributed by atoms with Crippen LogP contribution in [0.2, 0.25) is 0 Å². The van der Waals surface area contributed by atoms with Crippen LogP contribution in [-0.2, 0) is 18.2 Å². The maximum atomic E-state index is 5.35. The Balaban J connectivity index is 2.51. The molecule has 15 heavy (non-hydrogen) atoms. The molecule has 0 bridgehead atoms. The average Bonchev–Trinajstić information content (AvgIpc) is 2.57. The largest absolute Gasteiger partial charge is 0.380 e. The van der Waals surface area contributed by atoms with Crippen LogP contribution in [0.25, 0.3) is 0 Å². The molecule has 0 aliphatic heterocycles. The molecule has 4 nitrogen and oxygen atoms in total. The first-order valence-electron chi connectivity index (χ1n) is 5.54. The molecule has 0 radical (unpaired) electrons. The Kier molecular flexibility index (Phi) is 4.62. The molecule has 0 spiro atoms. The van der Waals surface area contributed by atoms with Gasteiger partial charge >= 0.3 is 0 Å². The van der Waals surface area contributed by atoms with Crippen molar-refractivity contribution in [3.63, 3.8) is 0 Å². The third kappa shape index (κ3) is 3.55. The van der Waals surface area contributed by atoms with Crippen molar-refractivity contribution >= 4 is 5.82 Å². The van der Waals surface area contributed by atoms with E-state index < -0.39 is 0 Å². The second-order valence-electron chi connectivity index (χ2n) is 3.70. The normalized spacial score (nSPS) is 12.8. The Morgan fingerprint density at radius 2 is 2.27 bits per heavy atom. The molecule has 1 unspecified atom stereocenters.